The van der Waals surface area contributed by atoms with Gasteiger partial charge in [0.2, 0.25) is 0 Å². The number of hydrogen-bond donors (Lipinski definition) is 0. The maximum absolute atomic E-state index is 14.2. The molecule has 0 aromatic heterocycles. The number of piperazine rings is 1. The molecule has 23 heavy (non-hydrogen) atoms. The molecule has 0 spiro atoms. The van der Waals surface area contributed by atoms with E-state index in [1.807, 2.05) is 0 Å². The molecule has 3 rings (SSSR count). The Labute approximate surface area is 135 Å². The second-order valence-electron chi connectivity index (χ2n) is 6.26. The summed E-state index contributed by atoms with van der Waals surface area (Å²) in [6.45, 7) is 8.70. The molecule has 0 aliphatic carbocycles. The van der Waals surface area contributed by atoms with Gasteiger partial charge in [-0.05, 0) is 25.1 Å². The first-order chi connectivity index (χ1) is 11.1. The van der Waals surface area contributed by atoms with Gasteiger partial charge in [0.05, 0.1) is 11.6 Å². The Balaban J connectivity index is 1.68. The Morgan fingerprint density at radius 1 is 1.13 bits per heavy atom. The number of hydrogen-bond acceptors (Lipinski definition) is 4. The largest absolute Gasteiger partial charge is 0.365 e. The highest BCUT2D eigenvalue weighted by atomic mass is 19.1. The summed E-state index contributed by atoms with van der Waals surface area (Å²) in [6, 6.07) is 4.37. The van der Waals surface area contributed by atoms with Crippen molar-refractivity contribution in [2.75, 3.05) is 50.7 Å². The summed E-state index contributed by atoms with van der Waals surface area (Å²) in [5.74, 6) is -1.28. The third-order valence-electron chi connectivity index (χ3n) is 5.00. The van der Waals surface area contributed by atoms with E-state index < -0.39 is 11.6 Å². The van der Waals surface area contributed by atoms with Crippen LogP contribution in [-0.2, 0) is 0 Å². The van der Waals surface area contributed by atoms with E-state index in [2.05, 4.69) is 16.7 Å². The van der Waals surface area contributed by atoms with Crippen LogP contribution < -0.4 is 4.90 Å². The summed E-state index contributed by atoms with van der Waals surface area (Å²) >= 11 is 0. The van der Waals surface area contributed by atoms with E-state index >= 15 is 0 Å². The molecule has 1 aromatic carbocycles. The van der Waals surface area contributed by atoms with E-state index in [4.69, 9.17) is 5.26 Å². The molecule has 1 unspecified atom stereocenters. The molecule has 2 aliphatic heterocycles. The minimum atomic E-state index is -0.641. The highest BCUT2D eigenvalue weighted by molar-refractivity contribution is 5.53. The molecule has 124 valence electrons. The van der Waals surface area contributed by atoms with Crippen LogP contribution in [0.25, 0.3) is 0 Å². The van der Waals surface area contributed by atoms with Gasteiger partial charge in [-0.3, -0.25) is 4.90 Å². The number of benzene rings is 1. The number of nitrogens with zero attached hydrogens (tertiary/aromatic N) is 4. The summed E-state index contributed by atoms with van der Waals surface area (Å²) in [7, 11) is 0. The first-order valence-corrected chi connectivity index (χ1v) is 8.23. The van der Waals surface area contributed by atoms with Crippen LogP contribution in [-0.4, -0.2) is 61.7 Å². The molecule has 0 saturated carbocycles. The molecule has 2 heterocycles. The average molecular weight is 320 g/mol. The predicted molar refractivity (Wildman–Crippen MR) is 85.4 cm³/mol. The van der Waals surface area contributed by atoms with E-state index in [9.17, 15) is 8.78 Å². The lowest BCUT2D eigenvalue weighted by Gasteiger charge is -2.37. The van der Waals surface area contributed by atoms with Crippen LogP contribution in [0.2, 0.25) is 0 Å². The third-order valence-corrected chi connectivity index (χ3v) is 5.00. The monoisotopic (exact) mass is 320 g/mol. The van der Waals surface area contributed by atoms with Gasteiger partial charge in [-0.2, -0.15) is 5.26 Å². The molecular formula is C17H22F2N4. The summed E-state index contributed by atoms with van der Waals surface area (Å²) < 4.78 is 28.3. The van der Waals surface area contributed by atoms with E-state index in [-0.39, 0.29) is 11.3 Å². The van der Waals surface area contributed by atoms with Crippen LogP contribution in [0.5, 0.6) is 0 Å². The van der Waals surface area contributed by atoms with E-state index in [1.165, 1.54) is 0 Å². The van der Waals surface area contributed by atoms with E-state index in [0.29, 0.717) is 19.1 Å². The summed E-state index contributed by atoms with van der Waals surface area (Å²) in [6.07, 6.45) is 0.922. The highest BCUT2D eigenvalue weighted by Gasteiger charge is 2.32. The first-order valence-electron chi connectivity index (χ1n) is 8.23. The number of likely N-dealkylation sites (N-methyl/N-ethyl adjacent to an activating group) is 1. The smallest absolute Gasteiger partial charge is 0.150 e. The van der Waals surface area contributed by atoms with Crippen molar-refractivity contribution in [2.24, 2.45) is 0 Å². The van der Waals surface area contributed by atoms with Crippen molar-refractivity contribution in [3.8, 4) is 6.07 Å². The highest BCUT2D eigenvalue weighted by Crippen LogP contribution is 2.29. The molecule has 2 fully saturated rings. The number of anilines is 1. The van der Waals surface area contributed by atoms with Gasteiger partial charge in [0.25, 0.3) is 0 Å². The number of nitriles is 1. The van der Waals surface area contributed by atoms with Gasteiger partial charge in [-0.15, -0.1) is 0 Å². The standard InChI is InChI=1S/C17H22F2N4/c1-2-21-5-7-22(8-6-21)14-3-4-23(12-14)17-15(18)9-13(11-20)10-16(17)19/h9-10,14H,2-8,12H2,1H3. The van der Waals surface area contributed by atoms with Crippen molar-refractivity contribution in [3.05, 3.63) is 29.3 Å². The van der Waals surface area contributed by atoms with Gasteiger partial charge < -0.3 is 9.80 Å². The van der Waals surface area contributed by atoms with Crippen LogP contribution in [0.4, 0.5) is 14.5 Å². The molecule has 0 N–H and O–H groups in total. The zero-order chi connectivity index (χ0) is 16.4. The lowest BCUT2D eigenvalue weighted by Crippen LogP contribution is -2.50. The average Bonchev–Trinajstić information content (AvgIpc) is 3.03. The molecule has 1 atom stereocenters. The predicted octanol–water partition coefficient (Wildman–Crippen LogP) is 2.05. The topological polar surface area (TPSA) is 33.5 Å². The van der Waals surface area contributed by atoms with Crippen molar-refractivity contribution in [2.45, 2.75) is 19.4 Å². The normalized spacial score (nSPS) is 23.2. The van der Waals surface area contributed by atoms with Gasteiger partial charge >= 0.3 is 0 Å². The van der Waals surface area contributed by atoms with Crippen molar-refractivity contribution in [1.82, 2.24) is 9.80 Å². The quantitative estimate of drug-likeness (QED) is 0.853. The van der Waals surface area contributed by atoms with Crippen molar-refractivity contribution in [3.63, 3.8) is 0 Å². The molecule has 4 nitrogen and oxygen atoms in total. The second-order valence-corrected chi connectivity index (χ2v) is 6.26. The van der Waals surface area contributed by atoms with Gasteiger partial charge in [0.1, 0.15) is 5.69 Å². The number of halogens is 2. The van der Waals surface area contributed by atoms with Crippen molar-refractivity contribution >= 4 is 5.69 Å². The maximum atomic E-state index is 14.2. The minimum Gasteiger partial charge on any atom is -0.365 e. The lowest BCUT2D eigenvalue weighted by atomic mass is 10.2. The molecule has 6 heteroatoms. The Kier molecular flexibility index (Phi) is 4.79. The third kappa shape index (κ3) is 3.31. The second kappa shape index (κ2) is 6.81. The fourth-order valence-electron chi connectivity index (χ4n) is 3.62. The van der Waals surface area contributed by atoms with Gasteiger partial charge in [-0.25, -0.2) is 8.78 Å². The SMILES string of the molecule is CCN1CCN(C2CCN(c3c(F)cc(C#N)cc3F)C2)CC1. The van der Waals surface area contributed by atoms with Crippen LogP contribution >= 0.6 is 0 Å². The minimum absolute atomic E-state index is 0.0127. The van der Waals surface area contributed by atoms with Crippen LogP contribution in [0.3, 0.4) is 0 Å². The van der Waals surface area contributed by atoms with Crippen LogP contribution in [0.15, 0.2) is 12.1 Å². The summed E-state index contributed by atoms with van der Waals surface area (Å²) in [5.41, 5.74) is 0.0360. The fraction of sp³-hybridized carbons (Fsp3) is 0.588. The van der Waals surface area contributed by atoms with Crippen LogP contribution in [0, 0.1) is 23.0 Å². The summed E-state index contributed by atoms with van der Waals surface area (Å²) in [5, 5.41) is 8.79. The maximum Gasteiger partial charge on any atom is 0.150 e. The zero-order valence-electron chi connectivity index (χ0n) is 13.4. The molecular weight excluding hydrogens is 298 g/mol. The fourth-order valence-corrected chi connectivity index (χ4v) is 3.62. The molecule has 0 radical (unpaired) electrons. The van der Waals surface area contributed by atoms with Crippen LogP contribution in [0.1, 0.15) is 18.9 Å². The summed E-state index contributed by atoms with van der Waals surface area (Å²) in [4.78, 5) is 6.64. The number of rotatable bonds is 3. The Hall–Kier alpha value is -1.71. The van der Waals surface area contributed by atoms with E-state index in [1.54, 1.807) is 11.0 Å². The van der Waals surface area contributed by atoms with Crippen molar-refractivity contribution < 1.29 is 8.78 Å². The lowest BCUT2D eigenvalue weighted by molar-refractivity contribution is 0.107. The molecule has 2 aliphatic rings. The molecule has 0 amide bonds. The Morgan fingerprint density at radius 3 is 2.35 bits per heavy atom. The van der Waals surface area contributed by atoms with Gasteiger partial charge in [0.15, 0.2) is 11.6 Å². The van der Waals surface area contributed by atoms with E-state index in [0.717, 1.165) is 51.3 Å². The zero-order valence-corrected chi connectivity index (χ0v) is 13.4. The molecule has 2 saturated heterocycles. The Morgan fingerprint density at radius 2 is 1.78 bits per heavy atom. The Bertz CT molecular complexity index is 582. The molecule has 0 bridgehead atoms. The van der Waals surface area contributed by atoms with Crippen molar-refractivity contribution in [1.29, 1.82) is 5.26 Å². The van der Waals surface area contributed by atoms with Gasteiger partial charge in [0, 0.05) is 45.3 Å². The van der Waals surface area contributed by atoms with Gasteiger partial charge in [-0.1, -0.05) is 6.92 Å². The first kappa shape index (κ1) is 16.2. The molecule has 1 aromatic rings.